The van der Waals surface area contributed by atoms with Crippen LogP contribution >= 0.6 is 0 Å². The van der Waals surface area contributed by atoms with Crippen molar-refractivity contribution in [2.75, 3.05) is 58.5 Å². The van der Waals surface area contributed by atoms with Crippen molar-refractivity contribution in [3.63, 3.8) is 0 Å². The number of carbonyl (C=O) groups is 2. The summed E-state index contributed by atoms with van der Waals surface area (Å²) in [4.78, 5) is 26.1. The molecule has 2 N–H and O–H groups in total. The topological polar surface area (TPSA) is 98.4 Å². The maximum atomic E-state index is 13.2. The Labute approximate surface area is 260 Å². The van der Waals surface area contributed by atoms with Crippen molar-refractivity contribution in [2.45, 2.75) is 44.8 Å². The van der Waals surface area contributed by atoms with Gasteiger partial charge in [0.15, 0.2) is 0 Å². The Morgan fingerprint density at radius 1 is 0.977 bits per heavy atom. The number of nitrogens with one attached hydrogen (secondary N) is 2. The highest BCUT2D eigenvalue weighted by molar-refractivity contribution is 5.94. The third-order valence-electron chi connectivity index (χ3n) is 7.80. The van der Waals surface area contributed by atoms with Crippen LogP contribution in [-0.4, -0.2) is 71.5 Å². The molecular formula is C35H45N3O6. The fraction of sp³-hybridized carbons (Fsp3) is 0.429. The maximum absolute atomic E-state index is 13.2. The zero-order chi connectivity index (χ0) is 31.1. The van der Waals surface area contributed by atoms with Crippen LogP contribution in [0.3, 0.4) is 0 Å². The number of para-hydroxylation sites is 2. The molecule has 1 unspecified atom stereocenters. The highest BCUT2D eigenvalue weighted by Crippen LogP contribution is 2.29. The Balaban J connectivity index is 1.23. The second-order valence-corrected chi connectivity index (χ2v) is 10.9. The minimum Gasteiger partial charge on any atom is -0.496 e. The van der Waals surface area contributed by atoms with Crippen LogP contribution in [0.1, 0.15) is 42.4 Å². The van der Waals surface area contributed by atoms with Gasteiger partial charge < -0.3 is 34.5 Å². The molecule has 3 aromatic carbocycles. The van der Waals surface area contributed by atoms with Crippen molar-refractivity contribution in [1.82, 2.24) is 10.6 Å². The predicted octanol–water partition coefficient (Wildman–Crippen LogP) is 4.48. The standard InChI is InChI=1S/C35H45N3O6/c1-26(39)37-20-17-28-9-4-6-11-32(28)38(2)35(40)25-44-34-23-36-19-18-31(34)27-13-15-30(16-14-27)43-22-8-21-42-24-29-10-5-7-12-33(29)41-3/h4-7,9-16,31,34,36H,8,17-25H2,1-3H3,(H,37,39)/t31-,34?/m1/s1. The lowest BCUT2D eigenvalue weighted by molar-refractivity contribution is -0.125. The number of hydrogen-bond donors (Lipinski definition) is 2. The van der Waals surface area contributed by atoms with Crippen LogP contribution in [-0.2, 0) is 32.1 Å². The Hall–Kier alpha value is -3.92. The van der Waals surface area contributed by atoms with Gasteiger partial charge in [-0.3, -0.25) is 9.59 Å². The molecule has 0 aliphatic carbocycles. The van der Waals surface area contributed by atoms with Crippen molar-refractivity contribution < 1.29 is 28.5 Å². The first-order chi connectivity index (χ1) is 21.5. The van der Waals surface area contributed by atoms with E-state index in [9.17, 15) is 9.59 Å². The summed E-state index contributed by atoms with van der Waals surface area (Å²) in [5.74, 6) is 1.65. The minimum atomic E-state index is -0.122. The molecule has 44 heavy (non-hydrogen) atoms. The first-order valence-corrected chi connectivity index (χ1v) is 15.3. The van der Waals surface area contributed by atoms with Gasteiger partial charge in [0.05, 0.1) is 33.0 Å². The first kappa shape index (κ1) is 33.0. The van der Waals surface area contributed by atoms with E-state index >= 15 is 0 Å². The number of ether oxygens (including phenoxy) is 4. The minimum absolute atomic E-state index is 0.0142. The van der Waals surface area contributed by atoms with Crippen LogP contribution in [0.15, 0.2) is 72.8 Å². The molecule has 1 saturated heterocycles. The van der Waals surface area contributed by atoms with Gasteiger partial charge in [-0.2, -0.15) is 0 Å². The molecular weight excluding hydrogens is 558 g/mol. The fourth-order valence-corrected chi connectivity index (χ4v) is 5.39. The van der Waals surface area contributed by atoms with E-state index in [-0.39, 0.29) is 30.4 Å². The zero-order valence-electron chi connectivity index (χ0n) is 26.1. The van der Waals surface area contributed by atoms with Gasteiger partial charge in [-0.1, -0.05) is 48.5 Å². The molecule has 0 spiro atoms. The van der Waals surface area contributed by atoms with Crippen molar-refractivity contribution in [3.8, 4) is 11.5 Å². The average Bonchev–Trinajstić information content (AvgIpc) is 3.05. The molecule has 1 aliphatic heterocycles. The molecule has 0 saturated carbocycles. The first-order valence-electron chi connectivity index (χ1n) is 15.3. The largest absolute Gasteiger partial charge is 0.496 e. The fourth-order valence-electron chi connectivity index (χ4n) is 5.39. The molecule has 2 atom stereocenters. The number of methoxy groups -OCH3 is 1. The van der Waals surface area contributed by atoms with Gasteiger partial charge in [-0.15, -0.1) is 0 Å². The van der Waals surface area contributed by atoms with E-state index in [2.05, 4.69) is 22.8 Å². The van der Waals surface area contributed by atoms with Crippen LogP contribution in [0.5, 0.6) is 11.5 Å². The highest BCUT2D eigenvalue weighted by atomic mass is 16.5. The monoisotopic (exact) mass is 603 g/mol. The van der Waals surface area contributed by atoms with Crippen LogP contribution in [0.25, 0.3) is 0 Å². The molecule has 3 aromatic rings. The van der Waals surface area contributed by atoms with E-state index in [0.29, 0.717) is 39.3 Å². The maximum Gasteiger partial charge on any atom is 0.252 e. The summed E-state index contributed by atoms with van der Waals surface area (Å²) in [5.41, 5.74) is 4.03. The number of hydrogen-bond acceptors (Lipinski definition) is 7. The summed E-state index contributed by atoms with van der Waals surface area (Å²) < 4.78 is 23.3. The number of carbonyl (C=O) groups excluding carboxylic acids is 2. The number of rotatable bonds is 16. The molecule has 0 aromatic heterocycles. The average molecular weight is 604 g/mol. The van der Waals surface area contributed by atoms with Crippen molar-refractivity contribution in [2.24, 2.45) is 0 Å². The smallest absolute Gasteiger partial charge is 0.252 e. The van der Waals surface area contributed by atoms with E-state index < -0.39 is 0 Å². The zero-order valence-corrected chi connectivity index (χ0v) is 26.1. The molecule has 1 fully saturated rings. The normalized spacial score (nSPS) is 16.2. The lowest BCUT2D eigenvalue weighted by atomic mass is 9.87. The number of anilines is 1. The summed E-state index contributed by atoms with van der Waals surface area (Å²) in [6, 6.07) is 23.8. The van der Waals surface area contributed by atoms with Gasteiger partial charge in [-0.05, 0) is 54.8 Å². The number of likely N-dealkylation sites (N-methyl/N-ethyl adjacent to an activating group) is 1. The van der Waals surface area contributed by atoms with E-state index in [1.165, 1.54) is 12.5 Å². The van der Waals surface area contributed by atoms with Gasteiger partial charge in [-0.25, -0.2) is 0 Å². The molecule has 236 valence electrons. The predicted molar refractivity (Wildman–Crippen MR) is 171 cm³/mol. The lowest BCUT2D eigenvalue weighted by Crippen LogP contribution is -2.43. The molecule has 4 rings (SSSR count). The van der Waals surface area contributed by atoms with Crippen LogP contribution < -0.4 is 25.0 Å². The summed E-state index contributed by atoms with van der Waals surface area (Å²) in [6.07, 6.45) is 2.22. The number of piperidine rings is 1. The van der Waals surface area contributed by atoms with E-state index in [4.69, 9.17) is 18.9 Å². The van der Waals surface area contributed by atoms with Crippen LogP contribution in [0.2, 0.25) is 0 Å². The second kappa shape index (κ2) is 17.4. The molecule has 9 heteroatoms. The van der Waals surface area contributed by atoms with Crippen molar-refractivity contribution in [1.29, 1.82) is 0 Å². The van der Waals surface area contributed by atoms with Gasteiger partial charge in [0.1, 0.15) is 18.1 Å². The highest BCUT2D eigenvalue weighted by Gasteiger charge is 2.28. The summed E-state index contributed by atoms with van der Waals surface area (Å²) in [6.45, 7) is 5.25. The van der Waals surface area contributed by atoms with Crippen molar-refractivity contribution >= 4 is 17.5 Å². The summed E-state index contributed by atoms with van der Waals surface area (Å²) in [7, 11) is 3.43. The van der Waals surface area contributed by atoms with Gasteiger partial charge in [0.25, 0.3) is 5.91 Å². The Bertz CT molecular complexity index is 1330. The number of amides is 2. The van der Waals surface area contributed by atoms with E-state index in [1.54, 1.807) is 19.1 Å². The molecule has 1 heterocycles. The van der Waals surface area contributed by atoms with Crippen LogP contribution in [0, 0.1) is 0 Å². The third-order valence-corrected chi connectivity index (χ3v) is 7.80. The Morgan fingerprint density at radius 3 is 2.50 bits per heavy atom. The van der Waals surface area contributed by atoms with Gasteiger partial charge >= 0.3 is 0 Å². The van der Waals surface area contributed by atoms with E-state index in [0.717, 1.165) is 47.7 Å². The lowest BCUT2D eigenvalue weighted by Gasteiger charge is -2.33. The molecule has 2 amide bonds. The van der Waals surface area contributed by atoms with Gasteiger partial charge in [0, 0.05) is 50.7 Å². The Morgan fingerprint density at radius 2 is 1.73 bits per heavy atom. The number of nitrogens with zero attached hydrogens (tertiary/aromatic N) is 1. The molecule has 0 bridgehead atoms. The SMILES string of the molecule is COc1ccccc1COCCCOc1ccc([C@H]2CCNCC2OCC(=O)N(C)c2ccccc2CCNC(C)=O)cc1. The summed E-state index contributed by atoms with van der Waals surface area (Å²) >= 11 is 0. The number of benzene rings is 3. The molecule has 0 radical (unpaired) electrons. The van der Waals surface area contributed by atoms with Crippen molar-refractivity contribution in [3.05, 3.63) is 89.5 Å². The second-order valence-electron chi connectivity index (χ2n) is 10.9. The molecule has 1 aliphatic rings. The third kappa shape index (κ3) is 9.80. The van der Waals surface area contributed by atoms with E-state index in [1.807, 2.05) is 60.7 Å². The quantitative estimate of drug-likeness (QED) is 0.233. The Kier molecular flexibility index (Phi) is 13.0. The summed E-state index contributed by atoms with van der Waals surface area (Å²) in [5, 5.41) is 6.22. The van der Waals surface area contributed by atoms with Gasteiger partial charge in [0.2, 0.25) is 5.91 Å². The molecule has 9 nitrogen and oxygen atoms in total. The van der Waals surface area contributed by atoms with Crippen LogP contribution in [0.4, 0.5) is 5.69 Å².